The minimum Gasteiger partial charge on any atom is -0.378 e. The quantitative estimate of drug-likeness (QED) is 0.833. The average molecular weight is 344 g/mol. The molecule has 1 aromatic heterocycles. The summed E-state index contributed by atoms with van der Waals surface area (Å²) in [4.78, 5) is 18.5. The molecule has 0 aromatic carbocycles. The number of hydrogen-bond donors (Lipinski definition) is 1. The minimum atomic E-state index is 0.0722. The molecule has 0 amide bonds. The Morgan fingerprint density at radius 1 is 0.880 bits per heavy atom. The summed E-state index contributed by atoms with van der Waals surface area (Å²) in [6, 6.07) is 0.0722. The summed E-state index contributed by atoms with van der Waals surface area (Å²) in [5.74, 6) is 2.15. The average Bonchev–Trinajstić information content (AvgIpc) is 2.69. The maximum Gasteiger partial charge on any atom is 0.230 e. The fraction of sp³-hybridized carbons (Fsp3) is 0.588. The van der Waals surface area contributed by atoms with Crippen LogP contribution in [0.4, 0.5) is 11.9 Å². The van der Waals surface area contributed by atoms with Crippen LogP contribution in [0.1, 0.15) is 12.2 Å². The molecule has 0 spiro atoms. The van der Waals surface area contributed by atoms with Crippen molar-refractivity contribution < 1.29 is 9.47 Å². The van der Waals surface area contributed by atoms with E-state index in [0.717, 1.165) is 50.1 Å². The first-order valence-electron chi connectivity index (χ1n) is 8.85. The van der Waals surface area contributed by atoms with Crippen molar-refractivity contribution in [3.8, 4) is 0 Å². The zero-order valence-corrected chi connectivity index (χ0v) is 14.3. The van der Waals surface area contributed by atoms with Gasteiger partial charge in [0.2, 0.25) is 11.9 Å². The minimum absolute atomic E-state index is 0.0722. The van der Waals surface area contributed by atoms with E-state index in [1.165, 1.54) is 0 Å². The van der Waals surface area contributed by atoms with Crippen LogP contribution in [0.2, 0.25) is 0 Å². The van der Waals surface area contributed by atoms with Gasteiger partial charge in [0, 0.05) is 37.8 Å². The molecule has 4 rings (SSSR count). The smallest absolute Gasteiger partial charge is 0.230 e. The van der Waals surface area contributed by atoms with Gasteiger partial charge >= 0.3 is 0 Å². The third kappa shape index (κ3) is 3.81. The maximum absolute atomic E-state index is 5.94. The van der Waals surface area contributed by atoms with Crippen molar-refractivity contribution in [2.45, 2.75) is 12.5 Å². The molecule has 1 atom stereocenters. The van der Waals surface area contributed by atoms with Crippen molar-refractivity contribution in [1.29, 1.82) is 0 Å². The highest BCUT2D eigenvalue weighted by molar-refractivity contribution is 5.72. The highest BCUT2D eigenvalue weighted by Crippen LogP contribution is 2.23. The van der Waals surface area contributed by atoms with Gasteiger partial charge < -0.3 is 25.0 Å². The first-order valence-corrected chi connectivity index (χ1v) is 8.85. The summed E-state index contributed by atoms with van der Waals surface area (Å²) in [6.45, 7) is 5.99. The van der Waals surface area contributed by atoms with E-state index < -0.39 is 0 Å². The molecule has 1 aromatic rings. The Hall–Kier alpha value is -2.03. The van der Waals surface area contributed by atoms with E-state index in [1.54, 1.807) is 0 Å². The van der Waals surface area contributed by atoms with E-state index in [9.17, 15) is 0 Å². The molecule has 0 radical (unpaired) electrons. The fourth-order valence-electron chi connectivity index (χ4n) is 3.10. The molecular formula is C17H24N6O2. The molecule has 2 N–H and O–H groups in total. The molecule has 2 aliphatic heterocycles. The lowest BCUT2D eigenvalue weighted by Crippen LogP contribution is -2.40. The van der Waals surface area contributed by atoms with Gasteiger partial charge in [0.05, 0.1) is 26.4 Å². The van der Waals surface area contributed by atoms with Crippen LogP contribution >= 0.6 is 0 Å². The second-order valence-electron chi connectivity index (χ2n) is 6.38. The van der Waals surface area contributed by atoms with Gasteiger partial charge in [-0.2, -0.15) is 15.0 Å². The molecule has 3 heterocycles. The number of anilines is 2. The first-order chi connectivity index (χ1) is 12.3. The number of nitrogens with zero attached hydrogens (tertiary/aromatic N) is 5. The summed E-state index contributed by atoms with van der Waals surface area (Å²) in [6.07, 6.45) is 6.92. The van der Waals surface area contributed by atoms with Crippen LogP contribution in [0, 0.1) is 0 Å². The molecule has 134 valence electrons. The molecule has 1 aliphatic carbocycles. The van der Waals surface area contributed by atoms with Crippen molar-refractivity contribution in [1.82, 2.24) is 15.0 Å². The molecular weight excluding hydrogens is 320 g/mol. The Kier molecular flexibility index (Phi) is 4.91. The van der Waals surface area contributed by atoms with Gasteiger partial charge in [0.25, 0.3) is 0 Å². The topological polar surface area (TPSA) is 89.6 Å². The van der Waals surface area contributed by atoms with Crippen LogP contribution in [-0.2, 0) is 9.47 Å². The largest absolute Gasteiger partial charge is 0.378 e. The third-order valence-electron chi connectivity index (χ3n) is 4.59. The molecule has 1 unspecified atom stereocenters. The van der Waals surface area contributed by atoms with Gasteiger partial charge in [-0.25, -0.2) is 0 Å². The van der Waals surface area contributed by atoms with Gasteiger partial charge in [0.1, 0.15) is 0 Å². The molecule has 2 fully saturated rings. The second kappa shape index (κ2) is 7.47. The van der Waals surface area contributed by atoms with Crippen molar-refractivity contribution in [3.05, 3.63) is 24.1 Å². The highest BCUT2D eigenvalue weighted by Gasteiger charge is 2.21. The van der Waals surface area contributed by atoms with Crippen LogP contribution in [0.3, 0.4) is 0 Å². The molecule has 8 nitrogen and oxygen atoms in total. The fourth-order valence-corrected chi connectivity index (χ4v) is 3.10. The van der Waals surface area contributed by atoms with Gasteiger partial charge in [-0.15, -0.1) is 0 Å². The Bertz CT molecular complexity index is 629. The third-order valence-corrected chi connectivity index (χ3v) is 4.59. The number of rotatable bonds is 3. The van der Waals surface area contributed by atoms with Gasteiger partial charge in [-0.1, -0.05) is 18.2 Å². The summed E-state index contributed by atoms with van der Waals surface area (Å²) in [5.41, 5.74) is 6.95. The number of ether oxygens (including phenoxy) is 2. The maximum atomic E-state index is 5.94. The van der Waals surface area contributed by atoms with Crippen LogP contribution in [0.15, 0.2) is 18.2 Å². The number of aromatic nitrogens is 3. The summed E-state index contributed by atoms with van der Waals surface area (Å²) < 4.78 is 10.9. The first kappa shape index (κ1) is 16.4. The Morgan fingerprint density at radius 2 is 1.44 bits per heavy atom. The van der Waals surface area contributed by atoms with Crippen molar-refractivity contribution in [3.63, 3.8) is 0 Å². The standard InChI is InChI=1S/C17H24N6O2/c18-14-3-1-13(2-4-14)15-19-16(22-5-9-24-10-6-22)21-17(20-15)23-7-11-25-12-8-23/h1-3,14H,4-12,18H2. The van der Waals surface area contributed by atoms with Gasteiger partial charge in [0.15, 0.2) is 5.82 Å². The Morgan fingerprint density at radius 3 is 1.92 bits per heavy atom. The summed E-state index contributed by atoms with van der Waals surface area (Å²) >= 11 is 0. The molecule has 8 heteroatoms. The molecule has 2 saturated heterocycles. The molecule has 0 saturated carbocycles. The van der Waals surface area contributed by atoms with Crippen LogP contribution in [-0.4, -0.2) is 73.6 Å². The Balaban J connectivity index is 1.68. The van der Waals surface area contributed by atoms with Crippen molar-refractivity contribution in [2.75, 3.05) is 62.4 Å². The zero-order valence-electron chi connectivity index (χ0n) is 14.3. The summed E-state index contributed by atoms with van der Waals surface area (Å²) in [5, 5.41) is 0. The van der Waals surface area contributed by atoms with E-state index in [0.29, 0.717) is 32.3 Å². The van der Waals surface area contributed by atoms with Gasteiger partial charge in [-0.3, -0.25) is 0 Å². The second-order valence-corrected chi connectivity index (χ2v) is 6.38. The molecule has 0 bridgehead atoms. The highest BCUT2D eigenvalue weighted by atomic mass is 16.5. The molecule has 25 heavy (non-hydrogen) atoms. The predicted molar refractivity (Wildman–Crippen MR) is 95.6 cm³/mol. The lowest BCUT2D eigenvalue weighted by atomic mass is 10.0. The van der Waals surface area contributed by atoms with Crippen LogP contribution in [0.5, 0.6) is 0 Å². The lowest BCUT2D eigenvalue weighted by molar-refractivity contribution is 0.121. The zero-order chi connectivity index (χ0) is 17.1. The monoisotopic (exact) mass is 344 g/mol. The Labute approximate surface area is 147 Å². The number of allylic oxidation sites excluding steroid dienone is 2. The van der Waals surface area contributed by atoms with Crippen LogP contribution < -0.4 is 15.5 Å². The lowest BCUT2D eigenvalue weighted by Gasteiger charge is -2.30. The van der Waals surface area contributed by atoms with E-state index >= 15 is 0 Å². The van der Waals surface area contributed by atoms with Crippen LogP contribution in [0.25, 0.3) is 5.57 Å². The number of morpholine rings is 2. The SMILES string of the molecule is NC1C=CC(c2nc(N3CCOCC3)nc(N3CCOCC3)n2)=CC1. The number of nitrogens with two attached hydrogens (primary N) is 1. The van der Waals surface area contributed by atoms with Crippen molar-refractivity contribution in [2.24, 2.45) is 5.73 Å². The van der Waals surface area contributed by atoms with Gasteiger partial charge in [-0.05, 0) is 6.42 Å². The van der Waals surface area contributed by atoms with E-state index in [1.807, 2.05) is 12.2 Å². The van der Waals surface area contributed by atoms with Crippen molar-refractivity contribution >= 4 is 17.5 Å². The molecule has 3 aliphatic rings. The number of hydrogen-bond acceptors (Lipinski definition) is 8. The normalized spacial score (nSPS) is 24.4. The summed E-state index contributed by atoms with van der Waals surface area (Å²) in [7, 11) is 0. The predicted octanol–water partition coefficient (Wildman–Crippen LogP) is 0.215. The van der Waals surface area contributed by atoms with E-state index in [2.05, 4.69) is 15.9 Å². The van der Waals surface area contributed by atoms with E-state index in [-0.39, 0.29) is 6.04 Å². The van der Waals surface area contributed by atoms with E-state index in [4.69, 9.17) is 30.2 Å².